The van der Waals surface area contributed by atoms with Crippen LogP contribution in [0.5, 0.6) is 0 Å². The van der Waals surface area contributed by atoms with E-state index in [0.29, 0.717) is 0 Å². The molecule has 0 fully saturated rings. The van der Waals surface area contributed by atoms with Gasteiger partial charge >= 0.3 is 0 Å². The normalized spacial score (nSPS) is 12.6. The van der Waals surface area contributed by atoms with E-state index in [9.17, 15) is 0 Å². The van der Waals surface area contributed by atoms with E-state index in [1.54, 1.807) is 0 Å². The fourth-order valence-corrected chi connectivity index (χ4v) is 1.32. The smallest absolute Gasteiger partial charge is 0.0671 e. The van der Waals surface area contributed by atoms with E-state index in [1.807, 2.05) is 13.0 Å². The molecule has 0 saturated heterocycles. The number of hydrogen-bond donors (Lipinski definition) is 1. The molecule has 1 N–H and O–H groups in total. The Labute approximate surface area is 100 Å². The van der Waals surface area contributed by atoms with Gasteiger partial charge in [-0.25, -0.2) is 0 Å². The van der Waals surface area contributed by atoms with Crippen LogP contribution in [0.25, 0.3) is 0 Å². The lowest BCUT2D eigenvalue weighted by Gasteiger charge is -2.13. The van der Waals surface area contributed by atoms with Crippen molar-refractivity contribution in [1.82, 2.24) is 5.32 Å². The molecule has 0 aliphatic heterocycles. The minimum absolute atomic E-state index is 0.289. The number of hydrogen-bond acceptors (Lipinski definition) is 3. The van der Waals surface area contributed by atoms with Crippen molar-refractivity contribution < 1.29 is 9.47 Å². The molecule has 1 atom stereocenters. The highest BCUT2D eigenvalue weighted by Gasteiger charge is 2.00. The Hall–Kier alpha value is -0.380. The van der Waals surface area contributed by atoms with Crippen LogP contribution in [-0.2, 0) is 9.47 Å². The lowest BCUT2D eigenvalue weighted by molar-refractivity contribution is 0.0640. The van der Waals surface area contributed by atoms with E-state index < -0.39 is 0 Å². The summed E-state index contributed by atoms with van der Waals surface area (Å²) in [5, 5.41) is 3.36. The Balaban J connectivity index is 3.10. The summed E-state index contributed by atoms with van der Waals surface area (Å²) in [6.45, 7) is 12.2. The van der Waals surface area contributed by atoms with E-state index >= 15 is 0 Å². The number of nitrogens with one attached hydrogen (secondary N) is 1. The van der Waals surface area contributed by atoms with Gasteiger partial charge < -0.3 is 14.8 Å². The molecule has 96 valence electrons. The minimum atomic E-state index is 0.289. The van der Waals surface area contributed by atoms with Crippen molar-refractivity contribution in [2.24, 2.45) is 0 Å². The van der Waals surface area contributed by atoms with E-state index in [2.05, 4.69) is 18.8 Å². The molecule has 0 aliphatic rings. The van der Waals surface area contributed by atoms with E-state index in [0.717, 1.165) is 52.2 Å². The Morgan fingerprint density at radius 3 is 2.81 bits per heavy atom. The number of allylic oxidation sites excluding steroid dienone is 1. The maximum absolute atomic E-state index is 5.63. The first-order chi connectivity index (χ1) is 7.81. The standard InChI is InChI=1S/C13H27NO2/c1-4-6-7-11-16-13(3)12-14-9-8-10-15-5-2/h4,13-14H,1,5-12H2,2-3H3. The molecule has 0 bridgehead atoms. The summed E-state index contributed by atoms with van der Waals surface area (Å²) in [5.74, 6) is 0. The van der Waals surface area contributed by atoms with Gasteiger partial charge in [-0.2, -0.15) is 0 Å². The molecular weight excluding hydrogens is 202 g/mol. The molecule has 0 heterocycles. The molecule has 0 aromatic rings. The third-order valence-electron chi connectivity index (χ3n) is 2.23. The first-order valence-corrected chi connectivity index (χ1v) is 6.32. The zero-order chi connectivity index (χ0) is 12.1. The zero-order valence-corrected chi connectivity index (χ0v) is 10.8. The molecule has 0 rings (SSSR count). The molecule has 3 heteroatoms. The van der Waals surface area contributed by atoms with Crippen LogP contribution in [0.4, 0.5) is 0 Å². The first-order valence-electron chi connectivity index (χ1n) is 6.32. The van der Waals surface area contributed by atoms with Crippen LogP contribution in [0.2, 0.25) is 0 Å². The summed E-state index contributed by atoms with van der Waals surface area (Å²) in [5.41, 5.74) is 0. The summed E-state index contributed by atoms with van der Waals surface area (Å²) in [7, 11) is 0. The van der Waals surface area contributed by atoms with Gasteiger partial charge in [-0.1, -0.05) is 6.08 Å². The topological polar surface area (TPSA) is 30.5 Å². The molecule has 16 heavy (non-hydrogen) atoms. The average Bonchev–Trinajstić information content (AvgIpc) is 2.29. The van der Waals surface area contributed by atoms with Crippen molar-refractivity contribution in [1.29, 1.82) is 0 Å². The van der Waals surface area contributed by atoms with Crippen LogP contribution in [0.1, 0.15) is 33.1 Å². The Morgan fingerprint density at radius 2 is 2.12 bits per heavy atom. The van der Waals surface area contributed by atoms with Gasteiger partial charge in [-0.15, -0.1) is 6.58 Å². The third-order valence-corrected chi connectivity index (χ3v) is 2.23. The van der Waals surface area contributed by atoms with E-state index in [1.165, 1.54) is 0 Å². The van der Waals surface area contributed by atoms with Gasteiger partial charge in [-0.05, 0) is 39.7 Å². The highest BCUT2D eigenvalue weighted by Crippen LogP contribution is 1.95. The van der Waals surface area contributed by atoms with E-state index in [4.69, 9.17) is 9.47 Å². The third kappa shape index (κ3) is 11.7. The number of ether oxygens (including phenoxy) is 2. The predicted molar refractivity (Wildman–Crippen MR) is 68.8 cm³/mol. The summed E-state index contributed by atoms with van der Waals surface area (Å²) in [4.78, 5) is 0. The summed E-state index contributed by atoms with van der Waals surface area (Å²) in [6.07, 6.45) is 5.39. The highest BCUT2D eigenvalue weighted by molar-refractivity contribution is 4.65. The van der Waals surface area contributed by atoms with Gasteiger partial charge in [0, 0.05) is 26.4 Å². The number of rotatable bonds is 12. The predicted octanol–water partition coefficient (Wildman–Crippen LogP) is 2.37. The average molecular weight is 229 g/mol. The zero-order valence-electron chi connectivity index (χ0n) is 10.8. The van der Waals surface area contributed by atoms with Gasteiger partial charge in [0.05, 0.1) is 6.10 Å². The summed E-state index contributed by atoms with van der Waals surface area (Å²) in [6, 6.07) is 0. The van der Waals surface area contributed by atoms with Crippen LogP contribution in [0, 0.1) is 0 Å². The SMILES string of the molecule is C=CCCCOC(C)CNCCCOCC. The van der Waals surface area contributed by atoms with Crippen molar-refractivity contribution in [3.63, 3.8) is 0 Å². The lowest BCUT2D eigenvalue weighted by Crippen LogP contribution is -2.28. The fraction of sp³-hybridized carbons (Fsp3) is 0.846. The largest absolute Gasteiger partial charge is 0.382 e. The first kappa shape index (κ1) is 15.6. The monoisotopic (exact) mass is 229 g/mol. The van der Waals surface area contributed by atoms with Crippen LogP contribution < -0.4 is 5.32 Å². The minimum Gasteiger partial charge on any atom is -0.382 e. The Kier molecular flexibility index (Phi) is 12.4. The van der Waals surface area contributed by atoms with Crippen molar-refractivity contribution in [3.05, 3.63) is 12.7 Å². The summed E-state index contributed by atoms with van der Waals surface area (Å²) < 4.78 is 10.9. The fourth-order valence-electron chi connectivity index (χ4n) is 1.32. The summed E-state index contributed by atoms with van der Waals surface area (Å²) >= 11 is 0. The van der Waals surface area contributed by atoms with Crippen molar-refractivity contribution in [2.75, 3.05) is 32.9 Å². The molecule has 1 unspecified atom stereocenters. The van der Waals surface area contributed by atoms with Crippen LogP contribution in [0.15, 0.2) is 12.7 Å². The molecule has 0 radical (unpaired) electrons. The second-order valence-corrected chi connectivity index (χ2v) is 3.87. The molecule has 0 saturated carbocycles. The maximum atomic E-state index is 5.63. The quantitative estimate of drug-likeness (QED) is 0.412. The second kappa shape index (κ2) is 12.7. The molecule has 0 aromatic carbocycles. The van der Waals surface area contributed by atoms with Gasteiger partial charge in [0.1, 0.15) is 0 Å². The van der Waals surface area contributed by atoms with Gasteiger partial charge in [0.15, 0.2) is 0 Å². The van der Waals surface area contributed by atoms with Gasteiger partial charge in [0.2, 0.25) is 0 Å². The van der Waals surface area contributed by atoms with Crippen LogP contribution >= 0.6 is 0 Å². The van der Waals surface area contributed by atoms with Crippen molar-refractivity contribution in [3.8, 4) is 0 Å². The van der Waals surface area contributed by atoms with E-state index in [-0.39, 0.29) is 6.10 Å². The molecule has 0 amide bonds. The Bertz CT molecular complexity index is 151. The second-order valence-electron chi connectivity index (χ2n) is 3.87. The van der Waals surface area contributed by atoms with Crippen LogP contribution in [-0.4, -0.2) is 39.0 Å². The van der Waals surface area contributed by atoms with Crippen molar-refractivity contribution in [2.45, 2.75) is 39.2 Å². The molecule has 0 spiro atoms. The molecule has 3 nitrogen and oxygen atoms in total. The van der Waals surface area contributed by atoms with Gasteiger partial charge in [0.25, 0.3) is 0 Å². The lowest BCUT2D eigenvalue weighted by atomic mass is 10.3. The maximum Gasteiger partial charge on any atom is 0.0671 e. The van der Waals surface area contributed by atoms with Crippen molar-refractivity contribution >= 4 is 0 Å². The Morgan fingerprint density at radius 1 is 1.31 bits per heavy atom. The highest BCUT2D eigenvalue weighted by atomic mass is 16.5. The van der Waals surface area contributed by atoms with Gasteiger partial charge in [-0.3, -0.25) is 0 Å². The molecule has 0 aliphatic carbocycles. The molecule has 0 aromatic heterocycles. The van der Waals surface area contributed by atoms with Crippen LogP contribution in [0.3, 0.4) is 0 Å². The molecular formula is C13H27NO2. The number of unbranched alkanes of at least 4 members (excludes halogenated alkanes) is 1.